The Hall–Kier alpha value is -2.76. The zero-order valence-electron chi connectivity index (χ0n) is 11.8. The van der Waals surface area contributed by atoms with Gasteiger partial charge in [0.1, 0.15) is 5.69 Å². The average molecular weight is 288 g/mol. The smallest absolute Gasteiger partial charge is 0.292 e. The maximum absolute atomic E-state index is 10.9. The van der Waals surface area contributed by atoms with Crippen molar-refractivity contribution in [1.82, 2.24) is 0 Å². The number of nitro benzene ring substituents is 1. The van der Waals surface area contributed by atoms with E-state index in [1.165, 1.54) is 6.07 Å². The van der Waals surface area contributed by atoms with E-state index in [1.807, 2.05) is 12.1 Å². The summed E-state index contributed by atoms with van der Waals surface area (Å²) in [4.78, 5) is 10.5. The fourth-order valence-electron chi connectivity index (χ4n) is 1.97. The Morgan fingerprint density at radius 2 is 1.81 bits per heavy atom. The number of para-hydroxylation sites is 2. The van der Waals surface area contributed by atoms with Crippen LogP contribution in [0.3, 0.4) is 0 Å². The van der Waals surface area contributed by atoms with E-state index in [9.17, 15) is 10.1 Å². The second kappa shape index (κ2) is 6.60. The first kappa shape index (κ1) is 14.6. The van der Waals surface area contributed by atoms with Crippen LogP contribution < -0.4 is 14.8 Å². The van der Waals surface area contributed by atoms with Crippen LogP contribution in [0.2, 0.25) is 0 Å². The van der Waals surface area contributed by atoms with Crippen LogP contribution in [0.4, 0.5) is 11.4 Å². The van der Waals surface area contributed by atoms with Gasteiger partial charge in [-0.05, 0) is 23.8 Å². The number of nitrogens with zero attached hydrogens (tertiary/aromatic N) is 1. The minimum absolute atomic E-state index is 0.0537. The summed E-state index contributed by atoms with van der Waals surface area (Å²) in [6, 6.07) is 12.1. The van der Waals surface area contributed by atoms with Gasteiger partial charge in [-0.25, -0.2) is 0 Å². The molecule has 0 bridgehead atoms. The van der Waals surface area contributed by atoms with Crippen molar-refractivity contribution in [2.45, 2.75) is 6.54 Å². The van der Waals surface area contributed by atoms with Crippen molar-refractivity contribution < 1.29 is 14.4 Å². The zero-order chi connectivity index (χ0) is 15.2. The van der Waals surface area contributed by atoms with E-state index in [2.05, 4.69) is 5.32 Å². The van der Waals surface area contributed by atoms with Crippen molar-refractivity contribution in [1.29, 1.82) is 0 Å². The van der Waals surface area contributed by atoms with E-state index in [1.54, 1.807) is 38.5 Å². The molecule has 0 aliphatic rings. The summed E-state index contributed by atoms with van der Waals surface area (Å²) in [6.45, 7) is 0.450. The van der Waals surface area contributed by atoms with E-state index in [0.29, 0.717) is 23.7 Å². The zero-order valence-corrected chi connectivity index (χ0v) is 11.8. The summed E-state index contributed by atoms with van der Waals surface area (Å²) >= 11 is 0. The van der Waals surface area contributed by atoms with Crippen LogP contribution in [-0.2, 0) is 6.54 Å². The molecular formula is C15H16N2O4. The van der Waals surface area contributed by atoms with Gasteiger partial charge in [0.15, 0.2) is 11.5 Å². The van der Waals surface area contributed by atoms with Crippen LogP contribution in [0.5, 0.6) is 11.5 Å². The molecular weight excluding hydrogens is 272 g/mol. The van der Waals surface area contributed by atoms with Gasteiger partial charge in [-0.2, -0.15) is 0 Å². The van der Waals surface area contributed by atoms with Crippen LogP contribution >= 0.6 is 0 Å². The lowest BCUT2D eigenvalue weighted by Crippen LogP contribution is -2.03. The molecule has 0 saturated heterocycles. The molecule has 1 N–H and O–H groups in total. The van der Waals surface area contributed by atoms with Crippen molar-refractivity contribution in [2.75, 3.05) is 19.5 Å². The Kier molecular flexibility index (Phi) is 4.61. The Labute approximate surface area is 122 Å². The normalized spacial score (nSPS) is 10.0. The third kappa shape index (κ3) is 3.42. The minimum atomic E-state index is -0.406. The van der Waals surface area contributed by atoms with Gasteiger partial charge in [0, 0.05) is 12.6 Å². The van der Waals surface area contributed by atoms with Crippen molar-refractivity contribution in [3.05, 3.63) is 58.1 Å². The highest BCUT2D eigenvalue weighted by molar-refractivity contribution is 5.61. The lowest BCUT2D eigenvalue weighted by atomic mass is 10.2. The summed E-state index contributed by atoms with van der Waals surface area (Å²) in [5, 5.41) is 14.0. The first-order valence-corrected chi connectivity index (χ1v) is 6.34. The third-order valence-electron chi connectivity index (χ3n) is 3.03. The van der Waals surface area contributed by atoms with Crippen LogP contribution in [0, 0.1) is 10.1 Å². The van der Waals surface area contributed by atoms with Gasteiger partial charge in [-0.1, -0.05) is 18.2 Å². The molecule has 0 spiro atoms. The molecule has 0 amide bonds. The quantitative estimate of drug-likeness (QED) is 0.652. The molecule has 0 aromatic heterocycles. The van der Waals surface area contributed by atoms with Crippen LogP contribution in [0.25, 0.3) is 0 Å². The number of anilines is 1. The van der Waals surface area contributed by atoms with Crippen molar-refractivity contribution >= 4 is 11.4 Å². The molecule has 0 atom stereocenters. The summed E-state index contributed by atoms with van der Waals surface area (Å²) in [5.74, 6) is 1.27. The van der Waals surface area contributed by atoms with Gasteiger partial charge in [-0.3, -0.25) is 10.1 Å². The van der Waals surface area contributed by atoms with E-state index in [4.69, 9.17) is 9.47 Å². The summed E-state index contributed by atoms with van der Waals surface area (Å²) in [5.41, 5.74) is 1.47. The van der Waals surface area contributed by atoms with E-state index < -0.39 is 4.92 Å². The lowest BCUT2D eigenvalue weighted by Gasteiger charge is -2.11. The largest absolute Gasteiger partial charge is 0.493 e. The topological polar surface area (TPSA) is 73.6 Å². The molecule has 2 aromatic carbocycles. The molecule has 0 aliphatic heterocycles. The van der Waals surface area contributed by atoms with Gasteiger partial charge < -0.3 is 14.8 Å². The number of benzene rings is 2. The second-order valence-electron chi connectivity index (χ2n) is 4.32. The van der Waals surface area contributed by atoms with Gasteiger partial charge in [0.25, 0.3) is 5.69 Å². The van der Waals surface area contributed by atoms with Crippen LogP contribution in [-0.4, -0.2) is 19.1 Å². The predicted octanol–water partition coefficient (Wildman–Crippen LogP) is 3.22. The molecule has 6 nitrogen and oxygen atoms in total. The standard InChI is InChI=1S/C15H16N2O4/c1-20-14-8-7-11(9-15(14)21-2)10-16-12-5-3-4-6-13(12)17(18)19/h3-9,16H,10H2,1-2H3. The first-order chi connectivity index (χ1) is 10.2. The Morgan fingerprint density at radius 1 is 1.10 bits per heavy atom. The van der Waals surface area contributed by atoms with Gasteiger partial charge in [0.2, 0.25) is 0 Å². The summed E-state index contributed by atoms with van der Waals surface area (Å²) in [6.07, 6.45) is 0. The second-order valence-corrected chi connectivity index (χ2v) is 4.32. The number of hydrogen-bond donors (Lipinski definition) is 1. The van der Waals surface area contributed by atoms with E-state index in [0.717, 1.165) is 5.56 Å². The predicted molar refractivity (Wildman–Crippen MR) is 80.0 cm³/mol. The Bertz CT molecular complexity index is 643. The SMILES string of the molecule is COc1ccc(CNc2ccccc2[N+](=O)[O-])cc1OC. The fourth-order valence-corrected chi connectivity index (χ4v) is 1.97. The van der Waals surface area contributed by atoms with E-state index >= 15 is 0 Å². The number of nitro groups is 1. The Balaban J connectivity index is 2.15. The minimum Gasteiger partial charge on any atom is -0.493 e. The molecule has 110 valence electrons. The average Bonchev–Trinajstić information content (AvgIpc) is 2.52. The Morgan fingerprint density at radius 3 is 2.48 bits per heavy atom. The molecule has 0 heterocycles. The van der Waals surface area contributed by atoms with Gasteiger partial charge in [-0.15, -0.1) is 0 Å². The highest BCUT2D eigenvalue weighted by atomic mass is 16.6. The summed E-state index contributed by atoms with van der Waals surface area (Å²) < 4.78 is 10.4. The summed E-state index contributed by atoms with van der Waals surface area (Å²) in [7, 11) is 3.14. The maximum atomic E-state index is 10.9. The van der Waals surface area contributed by atoms with Gasteiger partial charge in [0.05, 0.1) is 19.1 Å². The van der Waals surface area contributed by atoms with Crippen LogP contribution in [0.15, 0.2) is 42.5 Å². The molecule has 0 radical (unpaired) electrons. The molecule has 21 heavy (non-hydrogen) atoms. The molecule has 6 heteroatoms. The van der Waals surface area contributed by atoms with Crippen molar-refractivity contribution in [3.63, 3.8) is 0 Å². The number of methoxy groups -OCH3 is 2. The number of nitrogens with one attached hydrogen (secondary N) is 1. The lowest BCUT2D eigenvalue weighted by molar-refractivity contribution is -0.384. The molecule has 2 aromatic rings. The third-order valence-corrected chi connectivity index (χ3v) is 3.03. The molecule has 0 fully saturated rings. The monoisotopic (exact) mass is 288 g/mol. The van der Waals surface area contributed by atoms with Crippen molar-refractivity contribution in [3.8, 4) is 11.5 Å². The molecule has 2 rings (SSSR count). The highest BCUT2D eigenvalue weighted by Gasteiger charge is 2.12. The highest BCUT2D eigenvalue weighted by Crippen LogP contribution is 2.29. The van der Waals surface area contributed by atoms with Crippen LogP contribution in [0.1, 0.15) is 5.56 Å². The number of ether oxygens (including phenoxy) is 2. The number of hydrogen-bond acceptors (Lipinski definition) is 5. The molecule has 0 unspecified atom stereocenters. The maximum Gasteiger partial charge on any atom is 0.292 e. The molecule has 0 saturated carbocycles. The van der Waals surface area contributed by atoms with Gasteiger partial charge >= 0.3 is 0 Å². The van der Waals surface area contributed by atoms with E-state index in [-0.39, 0.29) is 5.69 Å². The fraction of sp³-hybridized carbons (Fsp3) is 0.200. The first-order valence-electron chi connectivity index (χ1n) is 6.34. The number of rotatable bonds is 6. The molecule has 0 aliphatic carbocycles. The van der Waals surface area contributed by atoms with Crippen molar-refractivity contribution in [2.24, 2.45) is 0 Å².